The van der Waals surface area contributed by atoms with Crippen LogP contribution in [0.3, 0.4) is 0 Å². The molecule has 1 aromatic rings. The molecule has 0 saturated heterocycles. The average molecular weight is 210 g/mol. The third-order valence-electron chi connectivity index (χ3n) is 3.21. The Morgan fingerprint density at radius 2 is 1.64 bits per heavy atom. The van der Waals surface area contributed by atoms with E-state index in [0.717, 1.165) is 5.92 Å². The second-order valence-electron chi connectivity index (χ2n) is 4.29. The molecule has 1 aliphatic carbocycles. The fraction of sp³-hybridized carbons (Fsp3) is 0.818. The van der Waals surface area contributed by atoms with Crippen LogP contribution in [-0.2, 0) is 0 Å². The molecule has 0 aliphatic heterocycles. The van der Waals surface area contributed by atoms with E-state index in [-0.39, 0.29) is 0 Å². The van der Waals surface area contributed by atoms with Crippen LogP contribution < -0.4 is 0 Å². The van der Waals surface area contributed by atoms with Gasteiger partial charge in [0.1, 0.15) is 0 Å². The Bertz CT molecular complexity index is 236. The molecule has 1 unspecified atom stereocenters. The Labute approximate surface area is 87.8 Å². The molecule has 0 spiro atoms. The Morgan fingerprint density at radius 3 is 2.21 bits per heavy atom. The lowest BCUT2D eigenvalue weighted by atomic mass is 9.94. The molecule has 78 valence electrons. The van der Waals surface area contributed by atoms with Crippen LogP contribution in [0.15, 0.2) is 6.20 Å². The molecule has 1 atom stereocenters. The molecule has 0 aromatic carbocycles. The molecule has 0 bridgehead atoms. The summed E-state index contributed by atoms with van der Waals surface area (Å²) in [5.41, 5.74) is 1.30. The predicted octanol–water partition coefficient (Wildman–Crippen LogP) is 3.73. The van der Waals surface area contributed by atoms with Crippen LogP contribution in [0.4, 0.5) is 0 Å². The van der Waals surface area contributed by atoms with Crippen molar-refractivity contribution < 1.29 is 0 Å². The lowest BCUT2D eigenvalue weighted by Crippen LogP contribution is -1.98. The van der Waals surface area contributed by atoms with Crippen molar-refractivity contribution in [3.63, 3.8) is 0 Å². The maximum Gasteiger partial charge on any atom is 0.0677 e. The van der Waals surface area contributed by atoms with Gasteiger partial charge in [-0.15, -0.1) is 0 Å². The van der Waals surface area contributed by atoms with Gasteiger partial charge in [-0.25, -0.2) is 9.49 Å². The van der Waals surface area contributed by atoms with Gasteiger partial charge >= 0.3 is 0 Å². The van der Waals surface area contributed by atoms with E-state index in [1.165, 1.54) is 57.1 Å². The third-order valence-corrected chi connectivity index (χ3v) is 3.81. The van der Waals surface area contributed by atoms with Crippen LogP contribution in [0.2, 0.25) is 0 Å². The lowest BCUT2D eigenvalue weighted by molar-refractivity contribution is 0.531. The van der Waals surface area contributed by atoms with Crippen LogP contribution in [0.1, 0.15) is 63.0 Å². The molecular weight excluding hydrogens is 191 g/mol. The van der Waals surface area contributed by atoms with Crippen LogP contribution in [-0.4, -0.2) is 9.49 Å². The monoisotopic (exact) mass is 210 g/mol. The van der Waals surface area contributed by atoms with Gasteiger partial charge in [-0.05, 0) is 12.8 Å². The first kappa shape index (κ1) is 10.2. The average Bonchev–Trinajstić information content (AvgIpc) is 2.75. The highest BCUT2D eigenvalue weighted by Crippen LogP contribution is 2.29. The number of rotatable bonds is 1. The largest absolute Gasteiger partial charge is 0.228 e. The third kappa shape index (κ3) is 2.81. The van der Waals surface area contributed by atoms with Crippen molar-refractivity contribution in [3.8, 4) is 0 Å². The van der Waals surface area contributed by atoms with Crippen molar-refractivity contribution in [1.29, 1.82) is 0 Å². The van der Waals surface area contributed by atoms with E-state index in [1.807, 2.05) is 6.20 Å². The van der Waals surface area contributed by atoms with Gasteiger partial charge in [0.15, 0.2) is 0 Å². The fourth-order valence-corrected chi connectivity index (χ4v) is 2.94. The summed E-state index contributed by atoms with van der Waals surface area (Å²) in [5, 5.41) is 0. The van der Waals surface area contributed by atoms with Crippen molar-refractivity contribution in [2.24, 2.45) is 0 Å². The SMILES string of the molecule is c1n[pH]nc1C1CCCCCCCC1. The molecule has 0 N–H and O–H groups in total. The van der Waals surface area contributed by atoms with Gasteiger partial charge in [0.25, 0.3) is 0 Å². The number of hydrogen-bond donors (Lipinski definition) is 0. The summed E-state index contributed by atoms with van der Waals surface area (Å²) in [6.07, 6.45) is 13.2. The van der Waals surface area contributed by atoms with Crippen molar-refractivity contribution >= 4 is 8.51 Å². The minimum absolute atomic E-state index is 0.465. The van der Waals surface area contributed by atoms with E-state index in [0.29, 0.717) is 8.51 Å². The standard InChI is InChI=1S/C11H19N2P/c1-2-4-6-8-10(7-5-3-1)11-9-12-14-13-11/h9-10,14H,1-8H2. The Morgan fingerprint density at radius 1 is 1.00 bits per heavy atom. The summed E-state index contributed by atoms with van der Waals surface area (Å²) >= 11 is 0. The zero-order valence-corrected chi connectivity index (χ0v) is 9.71. The van der Waals surface area contributed by atoms with Gasteiger partial charge in [-0.3, -0.25) is 0 Å². The van der Waals surface area contributed by atoms with Crippen molar-refractivity contribution in [2.75, 3.05) is 0 Å². The number of nitrogens with zero attached hydrogens (tertiary/aromatic N) is 2. The molecule has 2 rings (SSSR count). The lowest BCUT2D eigenvalue weighted by Gasteiger charge is -2.12. The highest BCUT2D eigenvalue weighted by molar-refractivity contribution is 7.20. The quantitative estimate of drug-likeness (QED) is 0.705. The van der Waals surface area contributed by atoms with Crippen LogP contribution >= 0.6 is 8.51 Å². The Balaban J connectivity index is 1.94. The predicted molar refractivity (Wildman–Crippen MR) is 61.2 cm³/mol. The molecule has 3 heteroatoms. The normalized spacial score (nSPS) is 21.7. The Kier molecular flexibility index (Phi) is 4.00. The van der Waals surface area contributed by atoms with Gasteiger partial charge in [0.2, 0.25) is 0 Å². The van der Waals surface area contributed by atoms with E-state index < -0.39 is 0 Å². The molecule has 1 saturated carbocycles. The minimum atomic E-state index is 0.465. The summed E-state index contributed by atoms with van der Waals surface area (Å²) in [5.74, 6) is 0.729. The highest BCUT2D eigenvalue weighted by atomic mass is 31.1. The first-order valence-electron chi connectivity index (χ1n) is 5.82. The molecule has 2 nitrogen and oxygen atoms in total. The zero-order chi connectivity index (χ0) is 9.64. The first-order valence-corrected chi connectivity index (χ1v) is 6.72. The second-order valence-corrected chi connectivity index (χ2v) is 4.97. The summed E-state index contributed by atoms with van der Waals surface area (Å²) in [6, 6.07) is 0. The number of hydrogen-bond acceptors (Lipinski definition) is 2. The maximum absolute atomic E-state index is 4.48. The zero-order valence-electron chi connectivity index (χ0n) is 8.71. The molecule has 1 fully saturated rings. The van der Waals surface area contributed by atoms with Gasteiger partial charge in [-0.1, -0.05) is 38.5 Å². The van der Waals surface area contributed by atoms with Gasteiger partial charge in [0, 0.05) is 5.92 Å². The van der Waals surface area contributed by atoms with Crippen molar-refractivity contribution in [3.05, 3.63) is 11.9 Å². The van der Waals surface area contributed by atoms with Crippen molar-refractivity contribution in [2.45, 2.75) is 57.3 Å². The topological polar surface area (TPSA) is 25.8 Å². The van der Waals surface area contributed by atoms with E-state index in [4.69, 9.17) is 0 Å². The smallest absolute Gasteiger partial charge is 0.0677 e. The second kappa shape index (κ2) is 5.50. The Hall–Kier alpha value is -0.360. The van der Waals surface area contributed by atoms with E-state index in [2.05, 4.69) is 9.49 Å². The molecule has 1 aliphatic rings. The van der Waals surface area contributed by atoms with Gasteiger partial charge in [-0.2, -0.15) is 0 Å². The number of aromatic nitrogens is 2. The summed E-state index contributed by atoms with van der Waals surface area (Å²) in [6.45, 7) is 0. The van der Waals surface area contributed by atoms with Crippen LogP contribution in [0, 0.1) is 0 Å². The molecule has 0 amide bonds. The van der Waals surface area contributed by atoms with Gasteiger partial charge in [0.05, 0.1) is 20.4 Å². The van der Waals surface area contributed by atoms with Gasteiger partial charge < -0.3 is 0 Å². The molecular formula is C11H19N2P. The molecule has 14 heavy (non-hydrogen) atoms. The molecule has 0 radical (unpaired) electrons. The molecule has 1 aromatic heterocycles. The summed E-state index contributed by atoms with van der Waals surface area (Å²) in [4.78, 5) is 0. The van der Waals surface area contributed by atoms with E-state index >= 15 is 0 Å². The summed E-state index contributed by atoms with van der Waals surface area (Å²) < 4.78 is 8.70. The van der Waals surface area contributed by atoms with E-state index in [9.17, 15) is 0 Å². The fourth-order valence-electron chi connectivity index (χ4n) is 2.34. The highest BCUT2D eigenvalue weighted by Gasteiger charge is 2.14. The van der Waals surface area contributed by atoms with Crippen LogP contribution in [0.5, 0.6) is 0 Å². The summed E-state index contributed by atoms with van der Waals surface area (Å²) in [7, 11) is 0.465. The van der Waals surface area contributed by atoms with Crippen molar-refractivity contribution in [1.82, 2.24) is 9.49 Å². The maximum atomic E-state index is 4.48. The first-order chi connectivity index (χ1) is 6.97. The molecule has 1 heterocycles. The van der Waals surface area contributed by atoms with E-state index in [1.54, 1.807) is 0 Å². The minimum Gasteiger partial charge on any atom is -0.228 e. The van der Waals surface area contributed by atoms with Crippen LogP contribution in [0.25, 0.3) is 0 Å².